The van der Waals surface area contributed by atoms with Gasteiger partial charge in [0, 0.05) is 12.6 Å². The van der Waals surface area contributed by atoms with Crippen LogP contribution in [0.4, 0.5) is 13.2 Å². The third-order valence-electron chi connectivity index (χ3n) is 4.33. The van der Waals surface area contributed by atoms with Crippen molar-refractivity contribution in [3.05, 3.63) is 0 Å². The van der Waals surface area contributed by atoms with E-state index in [0.717, 1.165) is 38.6 Å². The quantitative estimate of drug-likeness (QED) is 0.761. The summed E-state index contributed by atoms with van der Waals surface area (Å²) in [7, 11) is 0. The average Bonchev–Trinajstić information content (AvgIpc) is 2.34. The molecule has 18 heavy (non-hydrogen) atoms. The Bertz CT molecular complexity index is 319. The fourth-order valence-corrected chi connectivity index (χ4v) is 3.41. The molecule has 2 aliphatic rings. The smallest absolute Gasteiger partial charge is 0.298 e. The zero-order valence-electron chi connectivity index (χ0n) is 10.4. The lowest BCUT2D eigenvalue weighted by molar-refractivity contribution is -0.166. The Labute approximate surface area is 106 Å². The number of hydrogen-bond donors (Lipinski definition) is 0. The Kier molecular flexibility index (Phi) is 4.16. The first-order chi connectivity index (χ1) is 8.52. The van der Waals surface area contributed by atoms with Gasteiger partial charge in [-0.3, -0.25) is 4.90 Å². The van der Waals surface area contributed by atoms with E-state index in [4.69, 9.17) is 5.26 Å². The molecule has 0 bridgehead atoms. The van der Waals surface area contributed by atoms with Gasteiger partial charge in [0.1, 0.15) is 0 Å². The van der Waals surface area contributed by atoms with Crippen LogP contribution in [0.3, 0.4) is 0 Å². The average molecular weight is 260 g/mol. The summed E-state index contributed by atoms with van der Waals surface area (Å²) in [5, 5.41) is 8.69. The zero-order valence-corrected chi connectivity index (χ0v) is 10.4. The van der Waals surface area contributed by atoms with Gasteiger partial charge in [0.15, 0.2) is 5.92 Å². The van der Waals surface area contributed by atoms with Gasteiger partial charge in [0.05, 0.1) is 6.07 Å². The normalized spacial score (nSPS) is 31.4. The third-order valence-corrected chi connectivity index (χ3v) is 4.33. The molecule has 1 saturated carbocycles. The van der Waals surface area contributed by atoms with Crippen molar-refractivity contribution in [3.63, 3.8) is 0 Å². The van der Waals surface area contributed by atoms with Crippen molar-refractivity contribution >= 4 is 0 Å². The van der Waals surface area contributed by atoms with E-state index in [-0.39, 0.29) is 12.6 Å². The molecule has 0 spiro atoms. The highest BCUT2D eigenvalue weighted by atomic mass is 19.4. The summed E-state index contributed by atoms with van der Waals surface area (Å²) in [6.07, 6.45) is 2.18. The molecular formula is C13H19F3N2. The van der Waals surface area contributed by atoms with Crippen LogP contribution in [0.25, 0.3) is 0 Å². The minimum Gasteiger partial charge on any atom is -0.298 e. The number of nitrogens with zero attached hydrogens (tertiary/aromatic N) is 2. The molecule has 1 aliphatic heterocycles. The second-order valence-electron chi connectivity index (χ2n) is 5.47. The molecule has 5 heteroatoms. The molecule has 0 radical (unpaired) electrons. The largest absolute Gasteiger partial charge is 0.405 e. The van der Waals surface area contributed by atoms with E-state index in [1.807, 2.05) is 4.90 Å². The van der Waals surface area contributed by atoms with Gasteiger partial charge in [-0.05, 0) is 38.1 Å². The molecule has 1 unspecified atom stereocenters. The van der Waals surface area contributed by atoms with Gasteiger partial charge in [-0.25, -0.2) is 0 Å². The summed E-state index contributed by atoms with van der Waals surface area (Å²) < 4.78 is 38.0. The van der Waals surface area contributed by atoms with E-state index in [2.05, 4.69) is 0 Å². The predicted octanol–water partition coefficient (Wildman–Crippen LogP) is 3.34. The van der Waals surface area contributed by atoms with Crippen LogP contribution in [0.15, 0.2) is 0 Å². The molecule has 0 amide bonds. The minimum atomic E-state index is -4.39. The van der Waals surface area contributed by atoms with E-state index in [1.165, 1.54) is 12.5 Å². The molecule has 102 valence electrons. The fourth-order valence-electron chi connectivity index (χ4n) is 3.41. The van der Waals surface area contributed by atoms with Crippen molar-refractivity contribution in [3.8, 4) is 6.07 Å². The highest BCUT2D eigenvalue weighted by molar-refractivity contribution is 4.95. The maximum atomic E-state index is 12.7. The van der Waals surface area contributed by atoms with Crippen molar-refractivity contribution in [2.45, 2.75) is 50.7 Å². The lowest BCUT2D eigenvalue weighted by Gasteiger charge is -2.44. The van der Waals surface area contributed by atoms with Gasteiger partial charge in [-0.15, -0.1) is 0 Å². The highest BCUT2D eigenvalue weighted by Crippen LogP contribution is 2.37. The monoisotopic (exact) mass is 260 g/mol. The molecule has 0 aromatic carbocycles. The molecule has 2 nitrogen and oxygen atoms in total. The van der Waals surface area contributed by atoms with Crippen LogP contribution in [-0.2, 0) is 0 Å². The first-order valence-electron chi connectivity index (χ1n) is 6.72. The fraction of sp³-hybridized carbons (Fsp3) is 0.923. The SMILES string of the molecule is N#CC(CN1CCC[C@H]2CCCC[C@H]21)C(F)(F)F. The second kappa shape index (κ2) is 5.48. The minimum absolute atomic E-state index is 0.138. The Hall–Kier alpha value is -0.760. The first kappa shape index (κ1) is 13.7. The number of halogens is 3. The number of fused-ring (bicyclic) bond motifs is 1. The van der Waals surface area contributed by atoms with Crippen molar-refractivity contribution in [1.82, 2.24) is 4.90 Å². The van der Waals surface area contributed by atoms with Crippen LogP contribution in [-0.4, -0.2) is 30.2 Å². The van der Waals surface area contributed by atoms with Crippen molar-refractivity contribution < 1.29 is 13.2 Å². The van der Waals surface area contributed by atoms with Crippen LogP contribution in [0.2, 0.25) is 0 Å². The second-order valence-corrected chi connectivity index (χ2v) is 5.47. The van der Waals surface area contributed by atoms with Gasteiger partial charge in [0.25, 0.3) is 0 Å². The van der Waals surface area contributed by atoms with Gasteiger partial charge < -0.3 is 0 Å². The van der Waals surface area contributed by atoms with Crippen LogP contribution in [0.5, 0.6) is 0 Å². The molecule has 2 fully saturated rings. The van der Waals surface area contributed by atoms with Crippen LogP contribution in [0.1, 0.15) is 38.5 Å². The van der Waals surface area contributed by atoms with E-state index in [1.54, 1.807) is 0 Å². The summed E-state index contributed by atoms with van der Waals surface area (Å²) in [6.45, 7) is 0.580. The van der Waals surface area contributed by atoms with Gasteiger partial charge in [0.2, 0.25) is 0 Å². The van der Waals surface area contributed by atoms with Gasteiger partial charge in [-0.1, -0.05) is 12.8 Å². The Morgan fingerprint density at radius 3 is 2.50 bits per heavy atom. The summed E-state index contributed by atoms with van der Waals surface area (Å²) in [5.41, 5.74) is 0. The van der Waals surface area contributed by atoms with E-state index >= 15 is 0 Å². The molecule has 1 saturated heterocycles. The molecule has 2 rings (SSSR count). The Morgan fingerprint density at radius 2 is 1.83 bits per heavy atom. The van der Waals surface area contributed by atoms with Crippen LogP contribution >= 0.6 is 0 Å². The maximum Gasteiger partial charge on any atom is 0.405 e. The molecule has 3 atom stereocenters. The predicted molar refractivity (Wildman–Crippen MR) is 61.7 cm³/mol. The molecular weight excluding hydrogens is 241 g/mol. The molecule has 0 aromatic rings. The van der Waals surface area contributed by atoms with Crippen LogP contribution < -0.4 is 0 Å². The van der Waals surface area contributed by atoms with Crippen LogP contribution in [0, 0.1) is 23.2 Å². The van der Waals surface area contributed by atoms with Gasteiger partial charge in [-0.2, -0.15) is 18.4 Å². The van der Waals surface area contributed by atoms with E-state index in [9.17, 15) is 13.2 Å². The summed E-state index contributed by atoms with van der Waals surface area (Å²) in [4.78, 5) is 1.93. The van der Waals surface area contributed by atoms with Crippen molar-refractivity contribution in [2.75, 3.05) is 13.1 Å². The number of likely N-dealkylation sites (tertiary alicyclic amines) is 1. The lowest BCUT2D eigenvalue weighted by atomic mass is 9.78. The number of piperidine rings is 1. The zero-order chi connectivity index (χ0) is 13.2. The molecule has 1 heterocycles. The number of hydrogen-bond acceptors (Lipinski definition) is 2. The summed E-state index contributed by atoms with van der Waals surface area (Å²) in [6, 6.07) is 1.70. The number of rotatable bonds is 2. The standard InChI is InChI=1S/C13H19F3N2/c14-13(15,16)11(8-17)9-18-7-3-5-10-4-1-2-6-12(10)18/h10-12H,1-7,9H2/t10-,11?,12-/m1/s1. The number of nitriles is 1. The Balaban J connectivity index is 2.01. The topological polar surface area (TPSA) is 27.0 Å². The molecule has 1 aliphatic carbocycles. The number of alkyl halides is 3. The molecule has 0 N–H and O–H groups in total. The summed E-state index contributed by atoms with van der Waals surface area (Å²) >= 11 is 0. The summed E-state index contributed by atoms with van der Waals surface area (Å²) in [5.74, 6) is -1.28. The highest BCUT2D eigenvalue weighted by Gasteiger charge is 2.43. The first-order valence-corrected chi connectivity index (χ1v) is 6.72. The van der Waals surface area contributed by atoms with Gasteiger partial charge >= 0.3 is 6.18 Å². The lowest BCUT2D eigenvalue weighted by Crippen LogP contribution is -2.49. The Morgan fingerprint density at radius 1 is 1.17 bits per heavy atom. The maximum absolute atomic E-state index is 12.7. The third kappa shape index (κ3) is 2.97. The van der Waals surface area contributed by atoms with E-state index < -0.39 is 12.1 Å². The van der Waals surface area contributed by atoms with Crippen molar-refractivity contribution in [1.29, 1.82) is 5.26 Å². The molecule has 0 aromatic heterocycles. The van der Waals surface area contributed by atoms with E-state index in [0.29, 0.717) is 5.92 Å². The van der Waals surface area contributed by atoms with Crippen molar-refractivity contribution in [2.24, 2.45) is 11.8 Å².